The Morgan fingerprint density at radius 2 is 1.97 bits per heavy atom. The van der Waals surface area contributed by atoms with Gasteiger partial charge < -0.3 is 20.1 Å². The molecule has 0 saturated carbocycles. The Morgan fingerprint density at radius 3 is 2.64 bits per heavy atom. The Kier molecular flexibility index (Phi) is 9.80. The van der Waals surface area contributed by atoms with E-state index in [1.807, 2.05) is 32.0 Å². The first-order valence-electron chi connectivity index (χ1n) is 12.5. The zero-order chi connectivity index (χ0) is 26.1. The van der Waals surface area contributed by atoms with E-state index >= 15 is 0 Å². The van der Waals surface area contributed by atoms with E-state index in [2.05, 4.69) is 20.9 Å². The van der Waals surface area contributed by atoms with Crippen LogP contribution in [0.2, 0.25) is 0 Å². The maximum absolute atomic E-state index is 12.5. The minimum absolute atomic E-state index is 0.0642. The number of anilines is 2. The van der Waals surface area contributed by atoms with Gasteiger partial charge in [0.2, 0.25) is 11.6 Å². The third-order valence-corrected chi connectivity index (χ3v) is 5.95. The number of hydrogen-bond acceptors (Lipinski definition) is 10. The molecule has 36 heavy (non-hydrogen) atoms. The molecule has 2 N–H and O–H groups in total. The maximum Gasteiger partial charge on any atom is 0.353 e. The lowest BCUT2D eigenvalue weighted by molar-refractivity contribution is -0.383. The molecule has 0 unspecified atom stereocenters. The van der Waals surface area contributed by atoms with Crippen LogP contribution in [0.15, 0.2) is 24.3 Å². The monoisotopic (exact) mass is 500 g/mol. The molecule has 0 amide bonds. The smallest absolute Gasteiger partial charge is 0.353 e. The molecule has 0 spiro atoms. The number of hydrogen-bond donors (Lipinski definition) is 1. The lowest BCUT2D eigenvalue weighted by Crippen LogP contribution is -2.32. The largest absolute Gasteiger partial charge is 0.465 e. The number of benzene rings is 1. The molecule has 11 nitrogen and oxygen atoms in total. The number of carbonyl (C=O) groups is 1. The molecule has 1 aromatic carbocycles. The van der Waals surface area contributed by atoms with Gasteiger partial charge in [0.05, 0.1) is 17.6 Å². The minimum Gasteiger partial charge on any atom is -0.465 e. The van der Waals surface area contributed by atoms with Crippen LogP contribution in [0.1, 0.15) is 57.6 Å². The molecule has 0 aliphatic carbocycles. The first kappa shape index (κ1) is 27.1. The lowest BCUT2D eigenvalue weighted by atomic mass is 10.1. The number of carbonyl (C=O) groups excluding carboxylic acids is 1. The van der Waals surface area contributed by atoms with Gasteiger partial charge in [0.25, 0.3) is 0 Å². The Morgan fingerprint density at radius 1 is 1.25 bits per heavy atom. The molecule has 1 aromatic heterocycles. The highest BCUT2D eigenvalue weighted by molar-refractivity contribution is 5.78. The standard InChI is InChI=1S/C25H36N6O5/c1-4-9-18(3)36-25-27-23(26)22(31(33)34)24(28-25)30(17-21(32)35-5-2)16-20-11-8-10-19(14-20)15-29-12-6-7-13-29/h8,10-11,14,18H,4-7,9,12-13,15-17H2,1-3H3,(H2,26,27,28)/t18-/m0/s1. The maximum atomic E-state index is 12.5. The Labute approximate surface area is 211 Å². The third kappa shape index (κ3) is 7.51. The molecular weight excluding hydrogens is 464 g/mol. The first-order chi connectivity index (χ1) is 17.3. The van der Waals surface area contributed by atoms with Crippen molar-refractivity contribution in [3.05, 3.63) is 45.5 Å². The Hall–Kier alpha value is -3.47. The molecule has 2 aromatic rings. The lowest BCUT2D eigenvalue weighted by Gasteiger charge is -2.24. The van der Waals surface area contributed by atoms with E-state index in [-0.39, 0.29) is 43.4 Å². The summed E-state index contributed by atoms with van der Waals surface area (Å²) in [5.74, 6) is -0.927. The molecule has 3 rings (SSSR count). The van der Waals surface area contributed by atoms with Gasteiger partial charge in [-0.3, -0.25) is 19.8 Å². The van der Waals surface area contributed by atoms with Crippen molar-refractivity contribution in [3.8, 4) is 6.01 Å². The third-order valence-electron chi connectivity index (χ3n) is 5.95. The van der Waals surface area contributed by atoms with Gasteiger partial charge in [-0.25, -0.2) is 0 Å². The van der Waals surface area contributed by atoms with Gasteiger partial charge in [-0.15, -0.1) is 0 Å². The van der Waals surface area contributed by atoms with Crippen LogP contribution >= 0.6 is 0 Å². The summed E-state index contributed by atoms with van der Waals surface area (Å²) < 4.78 is 10.9. The molecule has 196 valence electrons. The quantitative estimate of drug-likeness (QED) is 0.246. The van der Waals surface area contributed by atoms with Gasteiger partial charge in [-0.1, -0.05) is 37.6 Å². The van der Waals surface area contributed by atoms with Crippen molar-refractivity contribution < 1.29 is 19.2 Å². The highest BCUT2D eigenvalue weighted by atomic mass is 16.6. The van der Waals surface area contributed by atoms with E-state index in [1.54, 1.807) is 6.92 Å². The van der Waals surface area contributed by atoms with Crippen molar-refractivity contribution >= 4 is 23.3 Å². The summed E-state index contributed by atoms with van der Waals surface area (Å²) >= 11 is 0. The van der Waals surface area contributed by atoms with Crippen LogP contribution in [0, 0.1) is 10.1 Å². The van der Waals surface area contributed by atoms with E-state index in [9.17, 15) is 14.9 Å². The zero-order valence-electron chi connectivity index (χ0n) is 21.3. The van der Waals surface area contributed by atoms with Crippen LogP contribution in [-0.4, -0.2) is 58.1 Å². The second kappa shape index (κ2) is 13.0. The fourth-order valence-electron chi connectivity index (χ4n) is 4.35. The van der Waals surface area contributed by atoms with Crippen LogP contribution < -0.4 is 15.4 Å². The predicted octanol–water partition coefficient (Wildman–Crippen LogP) is 3.70. The average Bonchev–Trinajstić information content (AvgIpc) is 3.31. The topological polar surface area (TPSA) is 137 Å². The van der Waals surface area contributed by atoms with E-state index in [0.29, 0.717) is 0 Å². The number of esters is 1. The molecule has 0 bridgehead atoms. The minimum atomic E-state index is -0.633. The van der Waals surface area contributed by atoms with Gasteiger partial charge in [-0.2, -0.15) is 9.97 Å². The van der Waals surface area contributed by atoms with Gasteiger partial charge in [0.1, 0.15) is 6.54 Å². The van der Waals surface area contributed by atoms with Crippen molar-refractivity contribution in [2.45, 2.75) is 65.6 Å². The summed E-state index contributed by atoms with van der Waals surface area (Å²) in [6.45, 7) is 8.71. The second-order valence-electron chi connectivity index (χ2n) is 9.00. The van der Waals surface area contributed by atoms with Crippen LogP contribution in [0.4, 0.5) is 17.3 Å². The van der Waals surface area contributed by atoms with Crippen molar-refractivity contribution in [3.63, 3.8) is 0 Å². The number of nitro groups is 1. The van der Waals surface area contributed by atoms with Crippen LogP contribution in [0.3, 0.4) is 0 Å². The van der Waals surface area contributed by atoms with E-state index in [1.165, 1.54) is 17.7 Å². The molecule has 1 aliphatic rings. The highest BCUT2D eigenvalue weighted by Gasteiger charge is 2.30. The predicted molar refractivity (Wildman–Crippen MR) is 137 cm³/mol. The molecule has 0 radical (unpaired) electrons. The zero-order valence-corrected chi connectivity index (χ0v) is 21.3. The van der Waals surface area contributed by atoms with Crippen molar-refractivity contribution in [1.82, 2.24) is 14.9 Å². The van der Waals surface area contributed by atoms with Gasteiger partial charge in [0, 0.05) is 13.1 Å². The molecule has 1 fully saturated rings. The number of nitrogens with two attached hydrogens (primary N) is 1. The molecule has 11 heteroatoms. The van der Waals surface area contributed by atoms with Crippen molar-refractivity contribution in [2.75, 3.05) is 36.9 Å². The van der Waals surface area contributed by atoms with Gasteiger partial charge in [-0.05, 0) is 57.3 Å². The number of nitrogens with zero attached hydrogens (tertiary/aromatic N) is 5. The molecule has 2 heterocycles. The van der Waals surface area contributed by atoms with Gasteiger partial charge in [0.15, 0.2) is 0 Å². The normalized spacial score (nSPS) is 14.4. The van der Waals surface area contributed by atoms with Gasteiger partial charge >= 0.3 is 17.7 Å². The van der Waals surface area contributed by atoms with Crippen LogP contribution in [-0.2, 0) is 22.6 Å². The van der Waals surface area contributed by atoms with E-state index in [4.69, 9.17) is 15.2 Å². The fraction of sp³-hybridized carbons (Fsp3) is 0.560. The summed E-state index contributed by atoms with van der Waals surface area (Å²) in [7, 11) is 0. The summed E-state index contributed by atoms with van der Waals surface area (Å²) in [4.78, 5) is 36.1. The molecule has 1 atom stereocenters. The molecular formula is C25H36N6O5. The number of rotatable bonds is 13. The first-order valence-corrected chi connectivity index (χ1v) is 12.5. The number of nitrogen functional groups attached to an aromatic ring is 1. The Bertz CT molecular complexity index is 1040. The summed E-state index contributed by atoms with van der Waals surface area (Å²) in [5, 5.41) is 12.0. The molecule has 1 aliphatic heterocycles. The van der Waals surface area contributed by atoms with E-state index < -0.39 is 16.6 Å². The second-order valence-corrected chi connectivity index (χ2v) is 9.00. The Balaban J connectivity index is 1.96. The summed E-state index contributed by atoms with van der Waals surface area (Å²) in [5.41, 5.74) is 7.54. The number of likely N-dealkylation sites (tertiary alicyclic amines) is 1. The number of aromatic nitrogens is 2. The summed E-state index contributed by atoms with van der Waals surface area (Å²) in [6, 6.07) is 7.92. The number of ether oxygens (including phenoxy) is 2. The van der Waals surface area contributed by atoms with Crippen molar-refractivity contribution in [2.24, 2.45) is 0 Å². The van der Waals surface area contributed by atoms with Crippen LogP contribution in [0.25, 0.3) is 0 Å². The fourth-order valence-corrected chi connectivity index (χ4v) is 4.35. The molecule has 1 saturated heterocycles. The van der Waals surface area contributed by atoms with E-state index in [0.717, 1.165) is 43.6 Å². The average molecular weight is 501 g/mol. The SMILES string of the molecule is CCC[C@H](C)Oc1nc(N)c([N+](=O)[O-])c(N(CC(=O)OCC)Cc2cccc(CN3CCCC3)c2)n1. The van der Waals surface area contributed by atoms with Crippen LogP contribution in [0.5, 0.6) is 6.01 Å². The highest BCUT2D eigenvalue weighted by Crippen LogP contribution is 2.34. The summed E-state index contributed by atoms with van der Waals surface area (Å²) in [6.07, 6.45) is 3.84. The van der Waals surface area contributed by atoms with Crippen molar-refractivity contribution in [1.29, 1.82) is 0 Å².